The first kappa shape index (κ1) is 29.5. The van der Waals surface area contributed by atoms with Gasteiger partial charge in [-0.3, -0.25) is 4.57 Å². The lowest BCUT2D eigenvalue weighted by molar-refractivity contribution is -0.119. The Morgan fingerprint density at radius 2 is 1.93 bits per heavy atom. The first-order valence-corrected chi connectivity index (χ1v) is 14.8. The summed E-state index contributed by atoms with van der Waals surface area (Å²) in [5.74, 6) is 7.20. The van der Waals surface area contributed by atoms with Crippen LogP contribution in [0.3, 0.4) is 0 Å². The quantitative estimate of drug-likeness (QED) is 0.321. The molecule has 11 nitrogen and oxygen atoms in total. The molecule has 2 atom stereocenters. The van der Waals surface area contributed by atoms with Gasteiger partial charge in [0.15, 0.2) is 11.5 Å². The maximum atomic E-state index is 12.4. The standard InChI is InChI=1S/C27H30N6O4.C4H9N/c28-25-24-26(33(18-29-24)23-10-9-21(17-34)37-23)31-22(30-25)8-4-7-20-11-14-32(15-12-20)27(35)36-16-13-19-5-2-1-3-6-19;1-5-4-2-3-4/h1-3,5-6,17-18,20-21,23H,7,9-16H2,(H2,28,30,31);4-5H,2-3H2,1H3. The molecular formula is C31H39N7O4. The molecule has 2 saturated heterocycles. The molecule has 0 radical (unpaired) electrons. The van der Waals surface area contributed by atoms with Gasteiger partial charge in [0.1, 0.15) is 24.1 Å². The van der Waals surface area contributed by atoms with Gasteiger partial charge < -0.3 is 30.2 Å². The summed E-state index contributed by atoms with van der Waals surface area (Å²) in [6.45, 7) is 1.70. The third kappa shape index (κ3) is 7.84. The van der Waals surface area contributed by atoms with Crippen LogP contribution < -0.4 is 11.1 Å². The summed E-state index contributed by atoms with van der Waals surface area (Å²) in [6.07, 6.45) is 8.74. The number of anilines is 1. The van der Waals surface area contributed by atoms with Crippen molar-refractivity contribution in [1.29, 1.82) is 0 Å². The molecule has 1 amide bonds. The number of benzene rings is 1. The average Bonchev–Trinajstić information content (AvgIpc) is 3.58. The van der Waals surface area contributed by atoms with Gasteiger partial charge in [0.25, 0.3) is 0 Å². The second kappa shape index (κ2) is 14.2. The van der Waals surface area contributed by atoms with Gasteiger partial charge in [-0.15, -0.1) is 0 Å². The molecule has 11 heteroatoms. The second-order valence-electron chi connectivity index (χ2n) is 10.9. The van der Waals surface area contributed by atoms with Crippen LogP contribution in [-0.4, -0.2) is 75.7 Å². The molecule has 3 aliphatic rings. The highest BCUT2D eigenvalue weighted by Gasteiger charge is 2.28. The fourth-order valence-corrected chi connectivity index (χ4v) is 5.11. The number of aldehydes is 1. The predicted molar refractivity (Wildman–Crippen MR) is 158 cm³/mol. The molecule has 1 aromatic carbocycles. The molecule has 3 N–H and O–H groups in total. The smallest absolute Gasteiger partial charge is 0.409 e. The van der Waals surface area contributed by atoms with Crippen LogP contribution in [0.1, 0.15) is 62.6 Å². The molecule has 3 aromatic rings. The number of amides is 1. The summed E-state index contributed by atoms with van der Waals surface area (Å²) in [5, 5.41) is 3.14. The number of piperidine rings is 1. The van der Waals surface area contributed by atoms with E-state index in [-0.39, 0.29) is 18.1 Å². The Labute approximate surface area is 246 Å². The number of nitrogens with two attached hydrogens (primary N) is 1. The van der Waals surface area contributed by atoms with Crippen LogP contribution in [0, 0.1) is 17.8 Å². The van der Waals surface area contributed by atoms with Crippen molar-refractivity contribution in [3.63, 3.8) is 0 Å². The number of likely N-dealkylation sites (tertiary alicyclic amines) is 1. The van der Waals surface area contributed by atoms with Crippen molar-refractivity contribution in [1.82, 2.24) is 29.7 Å². The van der Waals surface area contributed by atoms with Crippen molar-refractivity contribution in [2.24, 2.45) is 5.92 Å². The van der Waals surface area contributed by atoms with Crippen LogP contribution in [0.15, 0.2) is 36.7 Å². The first-order valence-electron chi connectivity index (χ1n) is 14.8. The summed E-state index contributed by atoms with van der Waals surface area (Å²) in [7, 11) is 2.01. The van der Waals surface area contributed by atoms with Gasteiger partial charge in [0.2, 0.25) is 5.82 Å². The minimum absolute atomic E-state index is 0.250. The van der Waals surface area contributed by atoms with Crippen molar-refractivity contribution >= 4 is 29.4 Å². The van der Waals surface area contributed by atoms with E-state index >= 15 is 0 Å². The normalized spacial score (nSPS) is 20.4. The number of imidazole rings is 1. The lowest BCUT2D eigenvalue weighted by atomic mass is 9.94. The minimum Gasteiger partial charge on any atom is -0.449 e. The Kier molecular flexibility index (Phi) is 10.0. The highest BCUT2D eigenvalue weighted by Crippen LogP contribution is 2.30. The number of carbonyl (C=O) groups is 2. The first-order chi connectivity index (χ1) is 20.5. The number of nitrogen functional groups attached to an aromatic ring is 1. The van der Waals surface area contributed by atoms with Crippen LogP contribution in [0.2, 0.25) is 0 Å². The number of rotatable bonds is 7. The number of nitrogens with one attached hydrogen (secondary N) is 1. The number of carbonyl (C=O) groups excluding carboxylic acids is 2. The number of aromatic nitrogens is 4. The van der Waals surface area contributed by atoms with Crippen LogP contribution in [-0.2, 0) is 20.7 Å². The van der Waals surface area contributed by atoms with E-state index in [0.29, 0.717) is 68.3 Å². The van der Waals surface area contributed by atoms with Crippen molar-refractivity contribution in [2.75, 3.05) is 32.5 Å². The Morgan fingerprint density at radius 1 is 1.14 bits per heavy atom. The third-order valence-corrected chi connectivity index (χ3v) is 7.85. The third-order valence-electron chi connectivity index (χ3n) is 7.85. The molecule has 4 heterocycles. The van der Waals surface area contributed by atoms with Gasteiger partial charge in [-0.05, 0) is 63.0 Å². The highest BCUT2D eigenvalue weighted by atomic mass is 16.6. The van der Waals surface area contributed by atoms with Gasteiger partial charge in [-0.1, -0.05) is 36.3 Å². The van der Waals surface area contributed by atoms with Gasteiger partial charge in [0, 0.05) is 32.0 Å². The monoisotopic (exact) mass is 573 g/mol. The lowest BCUT2D eigenvalue weighted by Gasteiger charge is -2.30. The molecule has 2 aromatic heterocycles. The van der Waals surface area contributed by atoms with Crippen molar-refractivity contribution in [2.45, 2.75) is 69.7 Å². The molecule has 2 unspecified atom stereocenters. The number of fused-ring (bicyclic) bond motifs is 1. The van der Waals surface area contributed by atoms with Gasteiger partial charge in [-0.2, -0.15) is 0 Å². The van der Waals surface area contributed by atoms with E-state index in [9.17, 15) is 9.59 Å². The zero-order valence-electron chi connectivity index (χ0n) is 24.1. The molecular weight excluding hydrogens is 534 g/mol. The predicted octanol–water partition coefficient (Wildman–Crippen LogP) is 3.49. The maximum Gasteiger partial charge on any atom is 0.409 e. The Hall–Kier alpha value is -4.01. The molecule has 6 rings (SSSR count). The molecule has 3 fully saturated rings. The van der Waals surface area contributed by atoms with Crippen molar-refractivity contribution < 1.29 is 19.1 Å². The van der Waals surface area contributed by atoms with E-state index in [4.69, 9.17) is 15.2 Å². The Bertz CT molecular complexity index is 1410. The molecule has 42 heavy (non-hydrogen) atoms. The minimum atomic E-state index is -0.413. The summed E-state index contributed by atoms with van der Waals surface area (Å²) < 4.78 is 13.0. The molecule has 2 aliphatic heterocycles. The Balaban J connectivity index is 0.000000639. The summed E-state index contributed by atoms with van der Waals surface area (Å²) in [6, 6.07) is 10.9. The molecule has 1 aliphatic carbocycles. The summed E-state index contributed by atoms with van der Waals surface area (Å²) in [5.41, 5.74) is 8.30. The van der Waals surface area contributed by atoms with Crippen molar-refractivity contribution in [3.05, 3.63) is 48.0 Å². The fourth-order valence-electron chi connectivity index (χ4n) is 5.11. The number of nitrogens with zero attached hydrogens (tertiary/aromatic N) is 5. The van der Waals surface area contributed by atoms with Crippen LogP contribution in [0.5, 0.6) is 0 Å². The topological polar surface area (TPSA) is 137 Å². The van der Waals surface area contributed by atoms with Crippen LogP contribution in [0.25, 0.3) is 11.2 Å². The van der Waals surface area contributed by atoms with E-state index in [1.165, 1.54) is 12.8 Å². The molecule has 0 spiro atoms. The zero-order chi connectivity index (χ0) is 29.3. The number of hydrogen-bond acceptors (Lipinski definition) is 9. The highest BCUT2D eigenvalue weighted by molar-refractivity contribution is 5.82. The average molecular weight is 574 g/mol. The van der Waals surface area contributed by atoms with Crippen LogP contribution >= 0.6 is 0 Å². The molecule has 1 saturated carbocycles. The number of ether oxygens (including phenoxy) is 2. The van der Waals surface area contributed by atoms with Gasteiger partial charge >= 0.3 is 6.09 Å². The lowest BCUT2D eigenvalue weighted by Crippen LogP contribution is -2.39. The zero-order valence-corrected chi connectivity index (χ0v) is 24.1. The maximum absolute atomic E-state index is 12.4. The second-order valence-corrected chi connectivity index (χ2v) is 10.9. The number of hydrogen-bond donors (Lipinski definition) is 2. The summed E-state index contributed by atoms with van der Waals surface area (Å²) >= 11 is 0. The van der Waals surface area contributed by atoms with Gasteiger partial charge in [0.05, 0.1) is 12.9 Å². The Morgan fingerprint density at radius 3 is 2.60 bits per heavy atom. The van der Waals surface area contributed by atoms with Crippen LogP contribution in [0.4, 0.5) is 10.6 Å². The summed E-state index contributed by atoms with van der Waals surface area (Å²) in [4.78, 5) is 38.4. The van der Waals surface area contributed by atoms with E-state index in [1.807, 2.05) is 37.4 Å². The van der Waals surface area contributed by atoms with E-state index in [1.54, 1.807) is 15.8 Å². The SMILES string of the molecule is CNC1CC1.Nc1nc(C#CCC2CCN(C(=O)OCCc3ccccc3)CC2)nc2c1ncn2C1CCC(C=O)O1. The van der Waals surface area contributed by atoms with Gasteiger partial charge in [-0.25, -0.2) is 19.7 Å². The van der Waals surface area contributed by atoms with E-state index in [2.05, 4.69) is 32.1 Å². The van der Waals surface area contributed by atoms with E-state index < -0.39 is 6.10 Å². The fraction of sp³-hybridized carbons (Fsp3) is 0.516. The van der Waals surface area contributed by atoms with Crippen molar-refractivity contribution in [3.8, 4) is 11.8 Å². The van der Waals surface area contributed by atoms with E-state index in [0.717, 1.165) is 30.7 Å². The molecule has 0 bridgehead atoms. The largest absolute Gasteiger partial charge is 0.449 e. The molecule has 222 valence electrons.